The molecule has 1 heteroatoms. The molecule has 0 spiro atoms. The van der Waals surface area contributed by atoms with Gasteiger partial charge in [-0.1, -0.05) is 12.0 Å². The third-order valence-electron chi connectivity index (χ3n) is 1.38. The molecule has 0 aromatic carbocycles. The number of hydrogen-bond donors (Lipinski definition) is 0. The molecule has 0 radical (unpaired) electrons. The molecule has 0 saturated heterocycles. The van der Waals surface area contributed by atoms with Gasteiger partial charge in [0.15, 0.2) is 0 Å². The Balaban J connectivity index is 0. The summed E-state index contributed by atoms with van der Waals surface area (Å²) in [5.41, 5.74) is 1.56. The van der Waals surface area contributed by atoms with Crippen molar-refractivity contribution in [2.75, 3.05) is 0 Å². The van der Waals surface area contributed by atoms with E-state index in [0.29, 0.717) is 0 Å². The van der Waals surface area contributed by atoms with Crippen molar-refractivity contribution in [3.8, 4) is 0 Å². The van der Waals surface area contributed by atoms with Crippen molar-refractivity contribution in [2.24, 2.45) is 0 Å². The molecule has 0 unspecified atom stereocenters. The molecule has 0 nitrogen and oxygen atoms in total. The SMILES string of the molecule is CC1=CC[CH-]CC1.[CH3-].[Y+3]. The van der Waals surface area contributed by atoms with Crippen LogP contribution in [0.5, 0.6) is 0 Å². The Morgan fingerprint density at radius 2 is 2.22 bits per heavy atom. The first-order valence-corrected chi connectivity index (χ1v) is 2.87. The standard InChI is InChI=1S/C7H11.CH3.Y/c1-7-5-3-2-4-6-7;;/h2,5H,3-4,6H2,1H3;1H3;/q2*-1;+3. The topological polar surface area (TPSA) is 0 Å². The number of allylic oxidation sites excluding steroid dienone is 2. The molecule has 0 amide bonds. The van der Waals surface area contributed by atoms with Crippen LogP contribution in [-0.2, 0) is 32.7 Å². The van der Waals surface area contributed by atoms with Crippen molar-refractivity contribution in [3.63, 3.8) is 0 Å². The molecular formula is C8H14Y+. The first-order valence-electron chi connectivity index (χ1n) is 2.87. The van der Waals surface area contributed by atoms with Gasteiger partial charge in [-0.25, -0.2) is 0 Å². The summed E-state index contributed by atoms with van der Waals surface area (Å²) in [5, 5.41) is 0. The Morgan fingerprint density at radius 3 is 2.44 bits per heavy atom. The molecular weight excluding hydrogens is 185 g/mol. The van der Waals surface area contributed by atoms with Gasteiger partial charge in [-0.05, 0) is 6.92 Å². The van der Waals surface area contributed by atoms with Gasteiger partial charge < -0.3 is 13.8 Å². The van der Waals surface area contributed by atoms with E-state index < -0.39 is 0 Å². The van der Waals surface area contributed by atoms with Crippen molar-refractivity contribution in [1.29, 1.82) is 0 Å². The molecule has 1 aliphatic carbocycles. The second kappa shape index (κ2) is 6.96. The molecule has 0 atom stereocenters. The molecule has 0 aromatic rings. The summed E-state index contributed by atoms with van der Waals surface area (Å²) in [7, 11) is 0. The Bertz CT molecular complexity index is 84.6. The fourth-order valence-electron chi connectivity index (χ4n) is 0.834. The van der Waals surface area contributed by atoms with Crippen molar-refractivity contribution in [1.82, 2.24) is 0 Å². The zero-order valence-electron chi connectivity index (χ0n) is 6.35. The first kappa shape index (κ1) is 12.5. The summed E-state index contributed by atoms with van der Waals surface area (Å²) in [4.78, 5) is 0. The van der Waals surface area contributed by atoms with Gasteiger partial charge in [-0.2, -0.15) is 12.8 Å². The second-order valence-electron chi connectivity index (χ2n) is 2.11. The molecule has 0 bridgehead atoms. The summed E-state index contributed by atoms with van der Waals surface area (Å²) in [6.45, 7) is 2.20. The van der Waals surface area contributed by atoms with E-state index in [2.05, 4.69) is 19.4 Å². The third-order valence-corrected chi connectivity index (χ3v) is 1.38. The zero-order chi connectivity index (χ0) is 5.11. The van der Waals surface area contributed by atoms with Gasteiger partial charge in [-0.15, -0.1) is 6.08 Å². The quantitative estimate of drug-likeness (QED) is 0.415. The van der Waals surface area contributed by atoms with Gasteiger partial charge in [0.05, 0.1) is 0 Å². The van der Waals surface area contributed by atoms with Crippen LogP contribution in [0.3, 0.4) is 0 Å². The van der Waals surface area contributed by atoms with Gasteiger partial charge in [0.2, 0.25) is 0 Å². The molecule has 0 N–H and O–H groups in total. The molecule has 9 heavy (non-hydrogen) atoms. The summed E-state index contributed by atoms with van der Waals surface area (Å²) < 4.78 is 0. The number of hydrogen-bond acceptors (Lipinski definition) is 0. The molecule has 0 saturated carbocycles. The van der Waals surface area contributed by atoms with E-state index in [1.807, 2.05) is 0 Å². The maximum absolute atomic E-state index is 2.33. The van der Waals surface area contributed by atoms with E-state index in [4.69, 9.17) is 0 Å². The van der Waals surface area contributed by atoms with Crippen LogP contribution in [0.25, 0.3) is 0 Å². The van der Waals surface area contributed by atoms with Crippen LogP contribution >= 0.6 is 0 Å². The fraction of sp³-hybridized carbons (Fsp3) is 0.500. The summed E-state index contributed by atoms with van der Waals surface area (Å²) in [6, 6.07) is 0. The minimum atomic E-state index is 0. The van der Waals surface area contributed by atoms with E-state index >= 15 is 0 Å². The maximum Gasteiger partial charge on any atom is 3.00 e. The van der Waals surface area contributed by atoms with E-state index in [0.717, 1.165) is 0 Å². The van der Waals surface area contributed by atoms with Crippen LogP contribution in [-0.4, -0.2) is 0 Å². The molecule has 1 rings (SSSR count). The first-order chi connectivity index (χ1) is 3.39. The smallest absolute Gasteiger partial charge is 0.358 e. The predicted molar refractivity (Wildman–Crippen MR) is 38.3 cm³/mol. The van der Waals surface area contributed by atoms with E-state index in [9.17, 15) is 0 Å². The van der Waals surface area contributed by atoms with Gasteiger partial charge in [0.1, 0.15) is 0 Å². The second-order valence-corrected chi connectivity index (χ2v) is 2.11. The van der Waals surface area contributed by atoms with Crippen LogP contribution in [0.2, 0.25) is 0 Å². The Morgan fingerprint density at radius 1 is 1.56 bits per heavy atom. The van der Waals surface area contributed by atoms with Crippen LogP contribution < -0.4 is 0 Å². The fourth-order valence-corrected chi connectivity index (χ4v) is 0.834. The van der Waals surface area contributed by atoms with Gasteiger partial charge in [-0.3, -0.25) is 0 Å². The van der Waals surface area contributed by atoms with Gasteiger partial charge >= 0.3 is 32.7 Å². The van der Waals surface area contributed by atoms with Crippen LogP contribution in [0.4, 0.5) is 0 Å². The predicted octanol–water partition coefficient (Wildman–Crippen LogP) is 2.77. The minimum absolute atomic E-state index is 0. The van der Waals surface area contributed by atoms with Crippen molar-refractivity contribution >= 4 is 0 Å². The van der Waals surface area contributed by atoms with Crippen LogP contribution in [0, 0.1) is 13.8 Å². The van der Waals surface area contributed by atoms with E-state index in [1.54, 1.807) is 5.57 Å². The van der Waals surface area contributed by atoms with Crippen LogP contribution in [0.1, 0.15) is 26.2 Å². The van der Waals surface area contributed by atoms with Crippen molar-refractivity contribution in [2.45, 2.75) is 26.2 Å². The minimum Gasteiger partial charge on any atom is -0.358 e. The largest absolute Gasteiger partial charge is 3.00 e. The number of rotatable bonds is 0. The molecule has 0 aliphatic heterocycles. The van der Waals surface area contributed by atoms with Crippen molar-refractivity contribution < 1.29 is 32.7 Å². The monoisotopic (exact) mass is 199 g/mol. The zero-order valence-corrected chi connectivity index (χ0v) is 9.19. The van der Waals surface area contributed by atoms with Crippen molar-refractivity contribution in [3.05, 3.63) is 25.5 Å². The van der Waals surface area contributed by atoms with Gasteiger partial charge in [0, 0.05) is 0 Å². The summed E-state index contributed by atoms with van der Waals surface area (Å²) in [5.74, 6) is 0. The average Bonchev–Trinajstić information content (AvgIpc) is 1.69. The Hall–Kier alpha value is 0.844. The van der Waals surface area contributed by atoms with E-state index in [-0.39, 0.29) is 40.1 Å². The summed E-state index contributed by atoms with van der Waals surface area (Å²) in [6.07, 6.45) is 8.41. The molecule has 0 aromatic heterocycles. The normalized spacial score (nSPS) is 16.8. The summed E-state index contributed by atoms with van der Waals surface area (Å²) >= 11 is 0. The maximum atomic E-state index is 2.33. The molecule has 1 aliphatic rings. The molecule has 0 heterocycles. The third kappa shape index (κ3) is 5.30. The molecule has 48 valence electrons. The Kier molecular flexibility index (Phi) is 9.67. The molecule has 0 fully saturated rings. The van der Waals surface area contributed by atoms with Gasteiger partial charge in [0.25, 0.3) is 0 Å². The average molecular weight is 199 g/mol. The Labute approximate surface area is 84.0 Å². The van der Waals surface area contributed by atoms with E-state index in [1.165, 1.54) is 19.3 Å². The van der Waals surface area contributed by atoms with Crippen LogP contribution in [0.15, 0.2) is 11.6 Å².